The number of piperidine rings is 1. The Morgan fingerprint density at radius 1 is 1.35 bits per heavy atom. The first-order valence-corrected chi connectivity index (χ1v) is 5.66. The van der Waals surface area contributed by atoms with E-state index in [4.69, 9.17) is 5.73 Å². The van der Waals surface area contributed by atoms with Gasteiger partial charge in [-0.15, -0.1) is 0 Å². The fraction of sp³-hybridized carbons (Fsp3) is 0.500. The predicted molar refractivity (Wildman–Crippen MR) is 62.8 cm³/mol. The fourth-order valence-electron chi connectivity index (χ4n) is 2.14. The minimum absolute atomic E-state index is 0.0645. The summed E-state index contributed by atoms with van der Waals surface area (Å²) in [6, 6.07) is 2.20. The molecule has 1 aliphatic heterocycles. The van der Waals surface area contributed by atoms with Crippen LogP contribution in [0.4, 0.5) is 20.2 Å². The molecule has 2 atom stereocenters. The number of β-amino-alcohol motifs (C(OH)–C–C–N with tert-alkyl or cyclic N) is 1. The zero-order chi connectivity index (χ0) is 12.6. The Hall–Kier alpha value is -1.36. The summed E-state index contributed by atoms with van der Waals surface area (Å²) in [5.41, 5.74) is 5.33. The summed E-state index contributed by atoms with van der Waals surface area (Å²) in [5.74, 6) is -1.19. The van der Waals surface area contributed by atoms with Gasteiger partial charge in [0.05, 0.1) is 6.10 Å². The first-order chi connectivity index (χ1) is 7.99. The van der Waals surface area contributed by atoms with Gasteiger partial charge in [-0.1, -0.05) is 6.92 Å². The number of nitrogens with two attached hydrogens (primary N) is 1. The van der Waals surface area contributed by atoms with Gasteiger partial charge in [0.15, 0.2) is 11.6 Å². The molecule has 2 unspecified atom stereocenters. The highest BCUT2D eigenvalue weighted by atomic mass is 19.1. The first kappa shape index (κ1) is 12.1. The van der Waals surface area contributed by atoms with Crippen molar-refractivity contribution in [3.8, 4) is 0 Å². The van der Waals surface area contributed by atoms with E-state index in [0.29, 0.717) is 13.0 Å². The summed E-state index contributed by atoms with van der Waals surface area (Å²) >= 11 is 0. The van der Waals surface area contributed by atoms with Gasteiger partial charge in [0.25, 0.3) is 0 Å². The summed E-state index contributed by atoms with van der Waals surface area (Å²) in [4.78, 5) is 1.54. The third kappa shape index (κ3) is 2.34. The maximum Gasteiger partial charge on any atom is 0.151 e. The van der Waals surface area contributed by atoms with Crippen LogP contribution in [0.5, 0.6) is 0 Å². The number of nitrogen functional groups attached to an aromatic ring is 1. The lowest BCUT2D eigenvalue weighted by Crippen LogP contribution is -2.43. The first-order valence-electron chi connectivity index (χ1n) is 5.66. The van der Waals surface area contributed by atoms with Crippen LogP contribution in [0.3, 0.4) is 0 Å². The predicted octanol–water partition coefficient (Wildman–Crippen LogP) is 1.75. The molecule has 0 aliphatic carbocycles. The van der Waals surface area contributed by atoms with E-state index in [1.54, 1.807) is 0 Å². The lowest BCUT2D eigenvalue weighted by molar-refractivity contribution is 0.102. The van der Waals surface area contributed by atoms with Gasteiger partial charge in [-0.05, 0) is 24.5 Å². The molecule has 0 saturated carbocycles. The molecule has 1 aliphatic rings. The Labute approximate surface area is 98.8 Å². The van der Waals surface area contributed by atoms with Crippen LogP contribution in [0.2, 0.25) is 0 Å². The van der Waals surface area contributed by atoms with Crippen LogP contribution in [0.1, 0.15) is 13.3 Å². The van der Waals surface area contributed by atoms with E-state index in [1.807, 2.05) is 6.92 Å². The minimum Gasteiger partial charge on any atom is -0.399 e. The third-order valence-corrected chi connectivity index (χ3v) is 3.27. The van der Waals surface area contributed by atoms with E-state index in [9.17, 15) is 13.9 Å². The Bertz CT molecular complexity index is 402. The lowest BCUT2D eigenvalue weighted by atomic mass is 9.95. The molecule has 1 saturated heterocycles. The fourth-order valence-corrected chi connectivity index (χ4v) is 2.14. The SMILES string of the molecule is CC1CCN(c2c(F)cc(N)cc2F)CC1O. The summed E-state index contributed by atoms with van der Waals surface area (Å²) in [6.45, 7) is 2.71. The Morgan fingerprint density at radius 2 is 1.94 bits per heavy atom. The van der Waals surface area contributed by atoms with Crippen molar-refractivity contribution in [3.05, 3.63) is 23.8 Å². The Morgan fingerprint density at radius 3 is 2.47 bits per heavy atom. The number of benzene rings is 1. The third-order valence-electron chi connectivity index (χ3n) is 3.27. The zero-order valence-electron chi connectivity index (χ0n) is 9.66. The second kappa shape index (κ2) is 4.49. The molecule has 1 fully saturated rings. The van der Waals surface area contributed by atoms with Crippen molar-refractivity contribution < 1.29 is 13.9 Å². The molecule has 3 nitrogen and oxygen atoms in total. The standard InChI is InChI=1S/C12H16F2N2O/c1-7-2-3-16(6-11(7)17)12-9(13)4-8(15)5-10(12)14/h4-5,7,11,17H,2-3,6,15H2,1H3. The maximum absolute atomic E-state index is 13.7. The number of anilines is 2. The average molecular weight is 242 g/mol. The molecule has 94 valence electrons. The lowest BCUT2D eigenvalue weighted by Gasteiger charge is -2.36. The van der Waals surface area contributed by atoms with Crippen molar-refractivity contribution in [2.75, 3.05) is 23.7 Å². The number of nitrogens with zero attached hydrogens (tertiary/aromatic N) is 1. The van der Waals surface area contributed by atoms with Crippen LogP contribution < -0.4 is 10.6 Å². The average Bonchev–Trinajstić information content (AvgIpc) is 2.21. The van der Waals surface area contributed by atoms with Gasteiger partial charge >= 0.3 is 0 Å². The molecule has 5 heteroatoms. The van der Waals surface area contributed by atoms with E-state index in [2.05, 4.69) is 0 Å². The molecule has 0 aromatic heterocycles. The van der Waals surface area contributed by atoms with Gasteiger partial charge in [0, 0.05) is 18.8 Å². The van der Waals surface area contributed by atoms with Crippen molar-refractivity contribution in [1.29, 1.82) is 0 Å². The number of aliphatic hydroxyl groups is 1. The number of hydrogen-bond donors (Lipinski definition) is 2. The van der Waals surface area contributed by atoms with E-state index in [-0.39, 0.29) is 23.8 Å². The van der Waals surface area contributed by atoms with Crippen LogP contribution in [0, 0.1) is 17.6 Å². The Kier molecular flexibility index (Phi) is 3.19. The largest absolute Gasteiger partial charge is 0.399 e. The highest BCUT2D eigenvalue weighted by Gasteiger charge is 2.27. The summed E-state index contributed by atoms with van der Waals surface area (Å²) in [5, 5.41) is 9.73. The zero-order valence-corrected chi connectivity index (χ0v) is 9.66. The normalized spacial score (nSPS) is 25.1. The summed E-state index contributed by atoms with van der Waals surface area (Å²) in [6.07, 6.45) is 0.157. The minimum atomic E-state index is -0.677. The van der Waals surface area contributed by atoms with E-state index in [1.165, 1.54) is 4.90 Å². The molecule has 0 radical (unpaired) electrons. The molecule has 1 heterocycles. The molecule has 2 rings (SSSR count). The van der Waals surface area contributed by atoms with Crippen LogP contribution in [-0.2, 0) is 0 Å². The highest BCUT2D eigenvalue weighted by Crippen LogP contribution is 2.29. The smallest absolute Gasteiger partial charge is 0.151 e. The van der Waals surface area contributed by atoms with Gasteiger partial charge in [-0.25, -0.2) is 8.78 Å². The van der Waals surface area contributed by atoms with E-state index >= 15 is 0 Å². The molecular formula is C12H16F2N2O. The highest BCUT2D eigenvalue weighted by molar-refractivity contribution is 5.56. The van der Waals surface area contributed by atoms with Gasteiger partial charge in [-0.2, -0.15) is 0 Å². The molecule has 0 amide bonds. The summed E-state index contributed by atoms with van der Waals surface area (Å²) in [7, 11) is 0. The monoisotopic (exact) mass is 242 g/mol. The second-order valence-corrected chi connectivity index (χ2v) is 4.61. The van der Waals surface area contributed by atoms with Crippen molar-refractivity contribution in [1.82, 2.24) is 0 Å². The number of halogens is 2. The molecule has 17 heavy (non-hydrogen) atoms. The van der Waals surface area contributed by atoms with Crippen LogP contribution in [0.25, 0.3) is 0 Å². The van der Waals surface area contributed by atoms with Crippen molar-refractivity contribution in [3.63, 3.8) is 0 Å². The molecule has 0 bridgehead atoms. The van der Waals surface area contributed by atoms with Gasteiger partial charge < -0.3 is 15.7 Å². The number of aliphatic hydroxyl groups excluding tert-OH is 1. The van der Waals surface area contributed by atoms with E-state index in [0.717, 1.165) is 12.1 Å². The number of rotatable bonds is 1. The Balaban J connectivity index is 2.29. The van der Waals surface area contributed by atoms with Crippen molar-refractivity contribution >= 4 is 11.4 Å². The van der Waals surface area contributed by atoms with E-state index < -0.39 is 17.7 Å². The van der Waals surface area contributed by atoms with Crippen LogP contribution >= 0.6 is 0 Å². The summed E-state index contributed by atoms with van der Waals surface area (Å²) < 4.78 is 27.4. The maximum atomic E-state index is 13.7. The van der Waals surface area contributed by atoms with Crippen molar-refractivity contribution in [2.45, 2.75) is 19.4 Å². The van der Waals surface area contributed by atoms with Crippen molar-refractivity contribution in [2.24, 2.45) is 5.92 Å². The van der Waals surface area contributed by atoms with Gasteiger partial charge in [0.1, 0.15) is 5.69 Å². The molecule has 0 spiro atoms. The molecule has 3 N–H and O–H groups in total. The topological polar surface area (TPSA) is 49.5 Å². The molecule has 1 aromatic rings. The quantitative estimate of drug-likeness (QED) is 0.738. The second-order valence-electron chi connectivity index (χ2n) is 4.61. The van der Waals surface area contributed by atoms with Crippen LogP contribution in [0.15, 0.2) is 12.1 Å². The number of hydrogen-bond acceptors (Lipinski definition) is 3. The molecule has 1 aromatic carbocycles. The molecular weight excluding hydrogens is 226 g/mol. The van der Waals surface area contributed by atoms with Crippen LogP contribution in [-0.4, -0.2) is 24.3 Å². The van der Waals surface area contributed by atoms with Gasteiger partial charge in [0.2, 0.25) is 0 Å². The van der Waals surface area contributed by atoms with Gasteiger partial charge in [-0.3, -0.25) is 0 Å².